The van der Waals surface area contributed by atoms with Crippen LogP contribution < -0.4 is 5.11 Å². The number of aliphatic carboxylic acids is 1. The van der Waals surface area contributed by atoms with Gasteiger partial charge in [-0.05, 0) is 73.5 Å². The lowest BCUT2D eigenvalue weighted by molar-refractivity contribution is -0.315. The summed E-state index contributed by atoms with van der Waals surface area (Å²) in [6.45, 7) is 6.11. The third-order valence-electron chi connectivity index (χ3n) is 8.68. The summed E-state index contributed by atoms with van der Waals surface area (Å²) in [4.78, 5) is 23.0. The Hall–Kier alpha value is -1.32. The van der Waals surface area contributed by atoms with Gasteiger partial charge < -0.3 is 14.6 Å². The van der Waals surface area contributed by atoms with Crippen LogP contribution in [0.25, 0.3) is 0 Å². The lowest BCUT2D eigenvalue weighted by Crippen LogP contribution is -2.52. The summed E-state index contributed by atoms with van der Waals surface area (Å²) < 4.78 is 5.50. The number of allylic oxidation sites excluding steroid dienone is 1. The Bertz CT molecular complexity index is 653. The Morgan fingerprint density at radius 3 is 2.58 bits per heavy atom. The summed E-state index contributed by atoms with van der Waals surface area (Å²) >= 11 is 0. The first-order valence-corrected chi connectivity index (χ1v) is 10.3. The molecular formula is C22H31O4-. The highest BCUT2D eigenvalue weighted by molar-refractivity contribution is 5.69. The first kappa shape index (κ1) is 18.1. The lowest BCUT2D eigenvalue weighted by Gasteiger charge is -2.58. The summed E-state index contributed by atoms with van der Waals surface area (Å²) in [5, 5.41) is 11.7. The number of esters is 1. The number of hydrogen-bond donors (Lipinski definition) is 0. The second-order valence-corrected chi connectivity index (χ2v) is 9.73. The van der Waals surface area contributed by atoms with Gasteiger partial charge in [-0.15, -0.1) is 0 Å². The Morgan fingerprint density at radius 2 is 1.88 bits per heavy atom. The molecule has 4 heteroatoms. The molecule has 0 aromatic heterocycles. The molecule has 0 amide bonds. The average Bonchev–Trinajstić information content (AvgIpc) is 2.92. The molecule has 4 aliphatic rings. The van der Waals surface area contributed by atoms with Crippen LogP contribution in [0.2, 0.25) is 0 Å². The van der Waals surface area contributed by atoms with Crippen molar-refractivity contribution >= 4 is 11.9 Å². The highest BCUT2D eigenvalue weighted by Crippen LogP contribution is 2.66. The Kier molecular flexibility index (Phi) is 4.24. The van der Waals surface area contributed by atoms with Crippen LogP contribution in [0.15, 0.2) is 11.6 Å². The van der Waals surface area contributed by atoms with E-state index in [0.717, 1.165) is 51.4 Å². The first-order chi connectivity index (χ1) is 12.3. The minimum absolute atomic E-state index is 0.0335. The second kappa shape index (κ2) is 6.10. The van der Waals surface area contributed by atoms with Gasteiger partial charge in [0.25, 0.3) is 0 Å². The predicted molar refractivity (Wildman–Crippen MR) is 95.8 cm³/mol. The van der Waals surface area contributed by atoms with Crippen molar-refractivity contribution in [3.63, 3.8) is 0 Å². The van der Waals surface area contributed by atoms with E-state index in [-0.39, 0.29) is 28.8 Å². The molecule has 0 heterocycles. The molecule has 3 fully saturated rings. The van der Waals surface area contributed by atoms with Crippen molar-refractivity contribution in [1.29, 1.82) is 0 Å². The molecule has 0 spiro atoms. The average molecular weight is 359 g/mol. The van der Waals surface area contributed by atoms with Crippen molar-refractivity contribution in [2.45, 2.75) is 78.2 Å². The molecule has 0 bridgehead atoms. The van der Waals surface area contributed by atoms with Crippen molar-refractivity contribution in [2.24, 2.45) is 34.5 Å². The van der Waals surface area contributed by atoms with Gasteiger partial charge in [0.1, 0.15) is 6.10 Å². The normalized spacial score (nSPS) is 47.2. The smallest absolute Gasteiger partial charge is 0.302 e. The lowest BCUT2D eigenvalue weighted by atomic mass is 9.47. The number of carboxylic acids is 1. The first-order valence-electron chi connectivity index (χ1n) is 10.3. The van der Waals surface area contributed by atoms with E-state index in [1.54, 1.807) is 0 Å². The second-order valence-electron chi connectivity index (χ2n) is 9.73. The van der Waals surface area contributed by atoms with Gasteiger partial charge >= 0.3 is 5.97 Å². The van der Waals surface area contributed by atoms with Crippen LogP contribution >= 0.6 is 0 Å². The monoisotopic (exact) mass is 359 g/mol. The van der Waals surface area contributed by atoms with Gasteiger partial charge in [0.05, 0.1) is 0 Å². The number of carbonyl (C=O) groups excluding carboxylic acids is 2. The fourth-order valence-electron chi connectivity index (χ4n) is 7.35. The van der Waals surface area contributed by atoms with Crippen LogP contribution in [-0.4, -0.2) is 18.0 Å². The highest BCUT2D eigenvalue weighted by atomic mass is 16.5. The number of hydrogen-bond acceptors (Lipinski definition) is 4. The summed E-state index contributed by atoms with van der Waals surface area (Å²) in [5.74, 6) is 0.446. The minimum atomic E-state index is -0.839. The van der Waals surface area contributed by atoms with Gasteiger partial charge in [0.15, 0.2) is 0 Å². The summed E-state index contributed by atoms with van der Waals surface area (Å²) in [5.41, 5.74) is 1.59. The zero-order chi connectivity index (χ0) is 18.7. The number of carboxylic acid groups (broad SMARTS) is 1. The maximum Gasteiger partial charge on any atom is 0.302 e. The molecule has 26 heavy (non-hydrogen) atoms. The molecule has 4 aliphatic carbocycles. The van der Waals surface area contributed by atoms with E-state index >= 15 is 0 Å². The van der Waals surface area contributed by atoms with Crippen molar-refractivity contribution < 1.29 is 19.4 Å². The minimum Gasteiger partial charge on any atom is -0.550 e. The van der Waals surface area contributed by atoms with Gasteiger partial charge in [-0.2, -0.15) is 0 Å². The Morgan fingerprint density at radius 1 is 1.12 bits per heavy atom. The fraction of sp³-hybridized carbons (Fsp3) is 0.818. The molecule has 7 atom stereocenters. The molecule has 4 rings (SSSR count). The SMILES string of the molecule is CC(=O)O[C@@H]1CC[C@]2(C)C(=CC[C@@H]3[C@H]2CC[C@]2(C)[C@@H](C(=O)[O-])CC[C@@H]32)C1. The van der Waals surface area contributed by atoms with Gasteiger partial charge in [0.2, 0.25) is 0 Å². The van der Waals surface area contributed by atoms with Crippen LogP contribution in [0.4, 0.5) is 0 Å². The zero-order valence-electron chi connectivity index (χ0n) is 16.3. The molecule has 144 valence electrons. The van der Waals surface area contributed by atoms with Gasteiger partial charge in [-0.25, -0.2) is 0 Å². The Labute approximate surface area is 156 Å². The summed E-state index contributed by atoms with van der Waals surface area (Å²) in [7, 11) is 0. The summed E-state index contributed by atoms with van der Waals surface area (Å²) in [6.07, 6.45) is 10.3. The van der Waals surface area contributed by atoms with Crippen molar-refractivity contribution in [2.75, 3.05) is 0 Å². The van der Waals surface area contributed by atoms with E-state index in [1.807, 2.05) is 0 Å². The molecule has 4 nitrogen and oxygen atoms in total. The standard InChI is InChI=1S/C22H32O4/c1-13(23)26-15-8-10-21(2)14(12-15)4-5-16-17-6-7-19(20(24)25)22(17,3)11-9-18(16)21/h4,15-19H,5-12H2,1-3H3,(H,24,25)/p-1/t15-,16+,17+,18-,19-,21-,22+/m1/s1. The van der Waals surface area contributed by atoms with Crippen molar-refractivity contribution in [3.8, 4) is 0 Å². The third kappa shape index (κ3) is 2.55. The number of carbonyl (C=O) groups is 2. The van der Waals surface area contributed by atoms with Crippen LogP contribution in [-0.2, 0) is 14.3 Å². The van der Waals surface area contributed by atoms with E-state index in [9.17, 15) is 14.7 Å². The van der Waals surface area contributed by atoms with E-state index in [4.69, 9.17) is 4.74 Å². The molecule has 0 unspecified atom stereocenters. The molecule has 3 saturated carbocycles. The molecule has 0 saturated heterocycles. The summed E-state index contributed by atoms with van der Waals surface area (Å²) in [6, 6.07) is 0. The fourth-order valence-corrected chi connectivity index (χ4v) is 7.35. The van der Waals surface area contributed by atoms with E-state index in [0.29, 0.717) is 17.8 Å². The van der Waals surface area contributed by atoms with Crippen molar-refractivity contribution in [3.05, 3.63) is 11.6 Å². The third-order valence-corrected chi connectivity index (χ3v) is 8.68. The van der Waals surface area contributed by atoms with Crippen molar-refractivity contribution in [1.82, 2.24) is 0 Å². The molecule has 0 radical (unpaired) electrons. The topological polar surface area (TPSA) is 66.4 Å². The number of fused-ring (bicyclic) bond motifs is 5. The maximum atomic E-state index is 11.7. The number of rotatable bonds is 2. The predicted octanol–water partition coefficient (Wildman–Crippen LogP) is 3.25. The van der Waals surface area contributed by atoms with E-state index in [2.05, 4.69) is 19.9 Å². The van der Waals surface area contributed by atoms with E-state index in [1.165, 1.54) is 12.5 Å². The Balaban J connectivity index is 1.59. The largest absolute Gasteiger partial charge is 0.550 e. The quantitative estimate of drug-likeness (QED) is 0.561. The van der Waals surface area contributed by atoms with E-state index < -0.39 is 5.97 Å². The van der Waals surface area contributed by atoms with Crippen LogP contribution in [0.5, 0.6) is 0 Å². The molecular weight excluding hydrogens is 328 g/mol. The molecule has 0 N–H and O–H groups in total. The van der Waals surface area contributed by atoms with Gasteiger partial charge in [-0.3, -0.25) is 4.79 Å². The zero-order valence-corrected chi connectivity index (χ0v) is 16.3. The molecule has 0 aromatic carbocycles. The van der Waals surface area contributed by atoms with Crippen LogP contribution in [0, 0.1) is 34.5 Å². The number of ether oxygens (including phenoxy) is 1. The van der Waals surface area contributed by atoms with Gasteiger partial charge in [0, 0.05) is 25.2 Å². The highest BCUT2D eigenvalue weighted by Gasteiger charge is 2.58. The maximum absolute atomic E-state index is 11.7. The van der Waals surface area contributed by atoms with Crippen LogP contribution in [0.3, 0.4) is 0 Å². The molecule has 0 aliphatic heterocycles. The van der Waals surface area contributed by atoms with Gasteiger partial charge in [-0.1, -0.05) is 25.5 Å². The molecule has 0 aromatic rings. The van der Waals surface area contributed by atoms with Crippen LogP contribution in [0.1, 0.15) is 72.1 Å².